The van der Waals surface area contributed by atoms with Crippen molar-refractivity contribution in [2.45, 2.75) is 36.8 Å². The maximum absolute atomic E-state index is 14.2. The predicted octanol–water partition coefficient (Wildman–Crippen LogP) is 2.21. The molecule has 0 bridgehead atoms. The van der Waals surface area contributed by atoms with E-state index in [9.17, 15) is 18.3 Å². The van der Waals surface area contributed by atoms with Crippen LogP contribution in [0.5, 0.6) is 0 Å². The smallest absolute Gasteiger partial charge is 0.257 e. The van der Waals surface area contributed by atoms with Gasteiger partial charge in [-0.1, -0.05) is 11.6 Å². The van der Waals surface area contributed by atoms with Crippen molar-refractivity contribution >= 4 is 23.1 Å². The van der Waals surface area contributed by atoms with E-state index in [-0.39, 0.29) is 41.3 Å². The van der Waals surface area contributed by atoms with Gasteiger partial charge in [-0.3, -0.25) is 0 Å². The molecule has 24 heavy (non-hydrogen) atoms. The SMILES string of the molecule is O[C@@H]1COCC[C@H]1Nc1ncc2c(F)c(Cl)c(C3CC3(F)F)n2n1. The van der Waals surface area contributed by atoms with Gasteiger partial charge in [0.15, 0.2) is 5.82 Å². The summed E-state index contributed by atoms with van der Waals surface area (Å²) in [6.45, 7) is 0.657. The van der Waals surface area contributed by atoms with E-state index in [4.69, 9.17) is 16.3 Å². The number of aromatic nitrogens is 3. The van der Waals surface area contributed by atoms with Gasteiger partial charge in [-0.15, -0.1) is 5.10 Å². The fourth-order valence-electron chi connectivity index (χ4n) is 2.94. The molecule has 0 radical (unpaired) electrons. The average Bonchev–Trinajstić information content (AvgIpc) is 3.09. The lowest BCUT2D eigenvalue weighted by molar-refractivity contribution is -0.0136. The summed E-state index contributed by atoms with van der Waals surface area (Å²) in [5.41, 5.74) is -0.108. The number of rotatable bonds is 3. The Bertz CT molecular complexity index is 800. The van der Waals surface area contributed by atoms with Gasteiger partial charge in [0, 0.05) is 13.0 Å². The van der Waals surface area contributed by atoms with Crippen molar-refractivity contribution in [3.05, 3.63) is 22.7 Å². The summed E-state index contributed by atoms with van der Waals surface area (Å²) in [7, 11) is 0. The first-order valence-corrected chi connectivity index (χ1v) is 7.89. The molecule has 0 aromatic carbocycles. The van der Waals surface area contributed by atoms with Crippen molar-refractivity contribution in [3.8, 4) is 0 Å². The highest BCUT2D eigenvalue weighted by Crippen LogP contribution is 2.57. The van der Waals surface area contributed by atoms with Crippen LogP contribution in [-0.2, 0) is 4.74 Å². The Labute approximate surface area is 139 Å². The quantitative estimate of drug-likeness (QED) is 0.876. The zero-order valence-electron chi connectivity index (χ0n) is 12.3. The number of ether oxygens (including phenoxy) is 1. The normalized spacial score (nSPS) is 29.0. The fraction of sp³-hybridized carbons (Fsp3) is 0.571. The van der Waals surface area contributed by atoms with Gasteiger partial charge in [-0.2, -0.15) is 0 Å². The van der Waals surface area contributed by atoms with E-state index in [2.05, 4.69) is 15.4 Å². The molecule has 3 atom stereocenters. The van der Waals surface area contributed by atoms with E-state index < -0.39 is 23.8 Å². The van der Waals surface area contributed by atoms with Crippen molar-refractivity contribution < 1.29 is 23.0 Å². The average molecular weight is 363 g/mol. The number of nitrogens with one attached hydrogen (secondary N) is 1. The molecular weight excluding hydrogens is 349 g/mol. The van der Waals surface area contributed by atoms with Crippen LogP contribution in [-0.4, -0.2) is 51.0 Å². The topological polar surface area (TPSA) is 71.7 Å². The van der Waals surface area contributed by atoms with Crippen LogP contribution >= 0.6 is 11.6 Å². The molecule has 2 fully saturated rings. The van der Waals surface area contributed by atoms with E-state index in [1.54, 1.807) is 0 Å². The van der Waals surface area contributed by atoms with Crippen molar-refractivity contribution in [2.75, 3.05) is 18.5 Å². The summed E-state index contributed by atoms with van der Waals surface area (Å²) < 4.78 is 47.2. The van der Waals surface area contributed by atoms with Gasteiger partial charge in [-0.25, -0.2) is 22.7 Å². The number of halogens is 4. The fourth-order valence-corrected chi connectivity index (χ4v) is 3.24. The van der Waals surface area contributed by atoms with Crippen LogP contribution in [0.15, 0.2) is 6.20 Å². The Balaban J connectivity index is 1.70. The number of fused-ring (bicyclic) bond motifs is 1. The van der Waals surface area contributed by atoms with Gasteiger partial charge in [0.05, 0.1) is 36.6 Å². The predicted molar refractivity (Wildman–Crippen MR) is 79.1 cm³/mol. The van der Waals surface area contributed by atoms with Crippen molar-refractivity contribution in [2.24, 2.45) is 0 Å². The minimum Gasteiger partial charge on any atom is -0.389 e. The molecule has 1 aliphatic carbocycles. The number of alkyl halides is 2. The Morgan fingerprint density at radius 1 is 1.46 bits per heavy atom. The third kappa shape index (κ3) is 2.51. The molecule has 1 unspecified atom stereocenters. The van der Waals surface area contributed by atoms with Crippen molar-refractivity contribution in [1.82, 2.24) is 14.6 Å². The van der Waals surface area contributed by atoms with Crippen LogP contribution in [0, 0.1) is 5.82 Å². The second kappa shape index (κ2) is 5.47. The van der Waals surface area contributed by atoms with Gasteiger partial charge in [-0.05, 0) is 6.42 Å². The maximum Gasteiger partial charge on any atom is 0.257 e. The zero-order valence-corrected chi connectivity index (χ0v) is 13.1. The Kier molecular flexibility index (Phi) is 3.63. The van der Waals surface area contributed by atoms with Crippen LogP contribution in [0.4, 0.5) is 19.1 Å². The largest absolute Gasteiger partial charge is 0.389 e. The first kappa shape index (κ1) is 15.9. The zero-order chi connectivity index (χ0) is 17.1. The molecule has 3 heterocycles. The van der Waals surface area contributed by atoms with Crippen LogP contribution in [0.25, 0.3) is 5.52 Å². The Morgan fingerprint density at radius 2 is 2.21 bits per heavy atom. The summed E-state index contributed by atoms with van der Waals surface area (Å²) in [5.74, 6) is -4.77. The molecule has 0 amide bonds. The molecule has 6 nitrogen and oxygen atoms in total. The molecule has 2 aromatic heterocycles. The molecule has 130 valence electrons. The molecule has 1 saturated carbocycles. The van der Waals surface area contributed by atoms with E-state index in [1.165, 1.54) is 6.20 Å². The van der Waals surface area contributed by atoms with Gasteiger partial charge in [0.25, 0.3) is 5.92 Å². The Morgan fingerprint density at radius 3 is 2.88 bits per heavy atom. The number of hydrogen-bond acceptors (Lipinski definition) is 5. The molecule has 2 N–H and O–H groups in total. The second-order valence-corrected chi connectivity index (χ2v) is 6.47. The van der Waals surface area contributed by atoms with Crippen LogP contribution < -0.4 is 5.32 Å². The molecule has 2 aliphatic rings. The van der Waals surface area contributed by atoms with Gasteiger partial charge in [0.2, 0.25) is 5.95 Å². The molecule has 2 aromatic rings. The third-order valence-electron chi connectivity index (χ3n) is 4.40. The number of aliphatic hydroxyl groups is 1. The van der Waals surface area contributed by atoms with Gasteiger partial charge in [0.1, 0.15) is 10.5 Å². The minimum absolute atomic E-state index is 0.0489. The number of aliphatic hydroxyl groups excluding tert-OH is 1. The number of anilines is 1. The van der Waals surface area contributed by atoms with E-state index in [1.807, 2.05) is 0 Å². The summed E-state index contributed by atoms with van der Waals surface area (Å²) >= 11 is 5.89. The summed E-state index contributed by atoms with van der Waals surface area (Å²) in [6, 6.07) is -0.335. The monoisotopic (exact) mass is 362 g/mol. The van der Waals surface area contributed by atoms with Gasteiger partial charge < -0.3 is 15.2 Å². The highest BCUT2D eigenvalue weighted by atomic mass is 35.5. The maximum atomic E-state index is 14.2. The highest BCUT2D eigenvalue weighted by molar-refractivity contribution is 6.32. The molecule has 0 spiro atoms. The van der Waals surface area contributed by atoms with Crippen molar-refractivity contribution in [3.63, 3.8) is 0 Å². The standard InChI is InChI=1S/C14H14ClF3N4O2/c15-10-11(16)8-4-19-13(20-7-1-2-24-5-9(7)23)21-22(8)12(10)6-3-14(6,17)18/h4,6-7,9,23H,1-3,5H2,(H,20,21)/t6?,7-,9-/m1/s1. The number of nitrogens with zero attached hydrogens (tertiary/aromatic N) is 3. The minimum atomic E-state index is -2.90. The lowest BCUT2D eigenvalue weighted by atomic mass is 10.1. The summed E-state index contributed by atoms with van der Waals surface area (Å²) in [5, 5.41) is 16.6. The van der Waals surface area contributed by atoms with Crippen LogP contribution in [0.2, 0.25) is 5.02 Å². The number of hydrogen-bond donors (Lipinski definition) is 2. The summed E-state index contributed by atoms with van der Waals surface area (Å²) in [6.07, 6.45) is 0.600. The highest BCUT2D eigenvalue weighted by Gasteiger charge is 2.60. The lowest BCUT2D eigenvalue weighted by Crippen LogP contribution is -2.42. The molecule has 10 heteroatoms. The molecular formula is C14H14ClF3N4O2. The van der Waals surface area contributed by atoms with Crippen LogP contribution in [0.3, 0.4) is 0 Å². The first-order chi connectivity index (χ1) is 11.4. The third-order valence-corrected chi connectivity index (χ3v) is 4.76. The molecule has 1 aliphatic heterocycles. The van der Waals surface area contributed by atoms with Crippen LogP contribution in [0.1, 0.15) is 24.5 Å². The lowest BCUT2D eigenvalue weighted by Gasteiger charge is -2.28. The van der Waals surface area contributed by atoms with E-state index in [0.717, 1.165) is 4.52 Å². The summed E-state index contributed by atoms with van der Waals surface area (Å²) in [4.78, 5) is 3.99. The van der Waals surface area contributed by atoms with Crippen molar-refractivity contribution in [1.29, 1.82) is 0 Å². The van der Waals surface area contributed by atoms with E-state index >= 15 is 0 Å². The second-order valence-electron chi connectivity index (χ2n) is 6.09. The Hall–Kier alpha value is -1.58. The molecule has 1 saturated heterocycles. The van der Waals surface area contributed by atoms with Gasteiger partial charge >= 0.3 is 0 Å². The van der Waals surface area contributed by atoms with E-state index in [0.29, 0.717) is 13.0 Å². The first-order valence-electron chi connectivity index (χ1n) is 7.51. The molecule has 4 rings (SSSR count).